The molecule has 2 rings (SSSR count). The van der Waals surface area contributed by atoms with Crippen molar-refractivity contribution >= 4 is 33.3 Å². The lowest BCUT2D eigenvalue weighted by atomic mass is 9.83. The maximum atomic E-state index is 12.5. The molecule has 0 saturated carbocycles. The quantitative estimate of drug-likeness (QED) is 0.669. The molecule has 0 aromatic heterocycles. The highest BCUT2D eigenvalue weighted by molar-refractivity contribution is 9.10. The van der Waals surface area contributed by atoms with Gasteiger partial charge in [-0.3, -0.25) is 4.79 Å². The summed E-state index contributed by atoms with van der Waals surface area (Å²) in [6.07, 6.45) is 0.0872. The van der Waals surface area contributed by atoms with Crippen LogP contribution in [0.25, 0.3) is 0 Å². The van der Waals surface area contributed by atoms with Crippen molar-refractivity contribution in [2.24, 2.45) is 5.92 Å². The lowest BCUT2D eigenvalue weighted by Gasteiger charge is -2.17. The van der Waals surface area contributed by atoms with Gasteiger partial charge in [-0.05, 0) is 42.0 Å². The van der Waals surface area contributed by atoms with Crippen LogP contribution < -0.4 is 0 Å². The number of carbonyl (C=O) groups is 1. The van der Waals surface area contributed by atoms with Crippen LogP contribution in [0.3, 0.4) is 0 Å². The van der Waals surface area contributed by atoms with Gasteiger partial charge in [0, 0.05) is 27.4 Å². The maximum Gasteiger partial charge on any atom is 0.163 e. The van der Waals surface area contributed by atoms with Crippen LogP contribution in [0.4, 0.5) is 0 Å². The second-order valence-corrected chi connectivity index (χ2v) is 6.38. The third-order valence-electron chi connectivity index (χ3n) is 3.53. The molecule has 5 heteroatoms. The Morgan fingerprint density at radius 3 is 2.35 bits per heavy atom. The molecule has 0 heterocycles. The third kappa shape index (κ3) is 4.42. The van der Waals surface area contributed by atoms with Gasteiger partial charge in [0.2, 0.25) is 0 Å². The van der Waals surface area contributed by atoms with Gasteiger partial charge in [-0.2, -0.15) is 10.5 Å². The van der Waals surface area contributed by atoms with Gasteiger partial charge >= 0.3 is 0 Å². The van der Waals surface area contributed by atoms with E-state index < -0.39 is 11.8 Å². The van der Waals surface area contributed by atoms with E-state index in [0.717, 1.165) is 10.0 Å². The van der Waals surface area contributed by atoms with Gasteiger partial charge in [0.15, 0.2) is 5.78 Å². The Balaban J connectivity index is 2.32. The fourth-order valence-electron chi connectivity index (χ4n) is 2.33. The molecular weight excluding hydrogens is 376 g/mol. The van der Waals surface area contributed by atoms with E-state index >= 15 is 0 Å². The summed E-state index contributed by atoms with van der Waals surface area (Å²) < 4.78 is 0.841. The lowest BCUT2D eigenvalue weighted by Crippen LogP contribution is -2.15. The molecule has 23 heavy (non-hydrogen) atoms. The van der Waals surface area contributed by atoms with Crippen molar-refractivity contribution < 1.29 is 4.79 Å². The average Bonchev–Trinajstić information content (AvgIpc) is 2.55. The number of rotatable bonds is 5. The fourth-order valence-corrected chi connectivity index (χ4v) is 2.87. The zero-order valence-electron chi connectivity index (χ0n) is 12.0. The van der Waals surface area contributed by atoms with Crippen molar-refractivity contribution in [3.8, 4) is 12.1 Å². The molecule has 0 aliphatic rings. The number of Topliss-reactive ketones (excluding diaryl/α,β-unsaturated/α-hetero) is 1. The molecule has 0 N–H and O–H groups in total. The summed E-state index contributed by atoms with van der Waals surface area (Å²) >= 11 is 9.21. The molecule has 0 bridgehead atoms. The van der Waals surface area contributed by atoms with Gasteiger partial charge in [0.05, 0.1) is 12.1 Å². The molecule has 0 saturated heterocycles. The van der Waals surface area contributed by atoms with Crippen molar-refractivity contribution in [2.75, 3.05) is 0 Å². The zero-order valence-corrected chi connectivity index (χ0v) is 14.4. The molecule has 2 aromatic rings. The predicted molar refractivity (Wildman–Crippen MR) is 92.0 cm³/mol. The zero-order chi connectivity index (χ0) is 16.8. The number of nitriles is 2. The van der Waals surface area contributed by atoms with Gasteiger partial charge in [-0.25, -0.2) is 0 Å². The second-order valence-electron chi connectivity index (χ2n) is 5.03. The van der Waals surface area contributed by atoms with Gasteiger partial charge in [-0.15, -0.1) is 0 Å². The summed E-state index contributed by atoms with van der Waals surface area (Å²) in [6.45, 7) is 0. The Morgan fingerprint density at radius 2 is 1.78 bits per heavy atom. The van der Waals surface area contributed by atoms with Crippen LogP contribution in [-0.2, 0) is 0 Å². The highest BCUT2D eigenvalue weighted by Crippen LogP contribution is 2.31. The molecule has 0 aliphatic carbocycles. The molecule has 0 spiro atoms. The van der Waals surface area contributed by atoms with Crippen LogP contribution in [0, 0.1) is 28.6 Å². The van der Waals surface area contributed by atoms with Gasteiger partial charge in [0.25, 0.3) is 0 Å². The molecule has 0 amide bonds. The number of carbonyl (C=O) groups excluding carboxylic acids is 1. The standard InChI is InChI=1S/C18H12BrClN2O/c19-15-3-1-2-13(8-15)17(14(10-21)11-22)9-18(23)12-4-6-16(20)7-5-12/h1-8,14,17H,9H2. The van der Waals surface area contributed by atoms with E-state index in [1.54, 1.807) is 24.3 Å². The monoisotopic (exact) mass is 386 g/mol. The minimum absolute atomic E-state index is 0.0872. The summed E-state index contributed by atoms with van der Waals surface area (Å²) in [6, 6.07) is 17.9. The Labute approximate surface area is 148 Å². The van der Waals surface area contributed by atoms with Gasteiger partial charge in [-0.1, -0.05) is 39.7 Å². The molecule has 1 atom stereocenters. The van der Waals surface area contributed by atoms with Crippen molar-refractivity contribution in [2.45, 2.75) is 12.3 Å². The second kappa shape index (κ2) is 7.92. The minimum Gasteiger partial charge on any atom is -0.294 e. The van der Waals surface area contributed by atoms with E-state index in [9.17, 15) is 15.3 Å². The largest absolute Gasteiger partial charge is 0.294 e. The van der Waals surface area contributed by atoms with Crippen LogP contribution in [0.1, 0.15) is 28.3 Å². The molecule has 3 nitrogen and oxygen atoms in total. The lowest BCUT2D eigenvalue weighted by molar-refractivity contribution is 0.0971. The number of benzene rings is 2. The van der Waals surface area contributed by atoms with E-state index in [-0.39, 0.29) is 12.2 Å². The predicted octanol–water partition coefficient (Wildman–Crippen LogP) is 5.12. The molecule has 0 aliphatic heterocycles. The first-order chi connectivity index (χ1) is 11.0. The molecule has 2 aromatic carbocycles. The SMILES string of the molecule is N#CC(C#N)C(CC(=O)c1ccc(Cl)cc1)c1cccc(Br)c1. The third-order valence-corrected chi connectivity index (χ3v) is 4.27. The number of halogens is 2. The smallest absolute Gasteiger partial charge is 0.163 e. The number of ketones is 1. The molecule has 1 unspecified atom stereocenters. The average molecular weight is 388 g/mol. The minimum atomic E-state index is -0.888. The summed E-state index contributed by atoms with van der Waals surface area (Å²) in [7, 11) is 0. The molecule has 114 valence electrons. The first kappa shape index (κ1) is 17.2. The van der Waals surface area contributed by atoms with Crippen LogP contribution in [0.5, 0.6) is 0 Å². The van der Waals surface area contributed by atoms with E-state index in [0.29, 0.717) is 10.6 Å². The van der Waals surface area contributed by atoms with Crippen LogP contribution in [0.2, 0.25) is 5.02 Å². The highest BCUT2D eigenvalue weighted by atomic mass is 79.9. The number of hydrogen-bond donors (Lipinski definition) is 0. The van der Waals surface area contributed by atoms with Crippen molar-refractivity contribution in [1.82, 2.24) is 0 Å². The summed E-state index contributed by atoms with van der Waals surface area (Å²) in [5.41, 5.74) is 1.30. The Morgan fingerprint density at radius 1 is 1.13 bits per heavy atom. The summed E-state index contributed by atoms with van der Waals surface area (Å²) in [4.78, 5) is 12.5. The molecular formula is C18H12BrClN2O. The van der Waals surface area contributed by atoms with E-state index in [1.807, 2.05) is 36.4 Å². The number of nitrogens with zero attached hydrogens (tertiary/aromatic N) is 2. The van der Waals surface area contributed by atoms with E-state index in [1.165, 1.54) is 0 Å². The Bertz CT molecular complexity index is 776. The van der Waals surface area contributed by atoms with Crippen LogP contribution in [0.15, 0.2) is 53.0 Å². The summed E-state index contributed by atoms with van der Waals surface area (Å²) in [5, 5.41) is 19.0. The van der Waals surface area contributed by atoms with E-state index in [2.05, 4.69) is 15.9 Å². The van der Waals surface area contributed by atoms with Gasteiger partial charge in [0.1, 0.15) is 5.92 Å². The highest BCUT2D eigenvalue weighted by Gasteiger charge is 2.26. The first-order valence-corrected chi connectivity index (χ1v) is 8.05. The Hall–Kier alpha value is -2.14. The van der Waals surface area contributed by atoms with Crippen molar-refractivity contribution in [3.05, 3.63) is 69.2 Å². The topological polar surface area (TPSA) is 64.7 Å². The molecule has 0 radical (unpaired) electrons. The van der Waals surface area contributed by atoms with Crippen molar-refractivity contribution in [1.29, 1.82) is 10.5 Å². The maximum absolute atomic E-state index is 12.5. The molecule has 0 fully saturated rings. The number of hydrogen-bond acceptors (Lipinski definition) is 3. The van der Waals surface area contributed by atoms with Crippen molar-refractivity contribution in [3.63, 3.8) is 0 Å². The van der Waals surface area contributed by atoms with Crippen LogP contribution in [-0.4, -0.2) is 5.78 Å². The van der Waals surface area contributed by atoms with Gasteiger partial charge < -0.3 is 0 Å². The van der Waals surface area contributed by atoms with Crippen LogP contribution >= 0.6 is 27.5 Å². The Kier molecular flexibility index (Phi) is 5.93. The summed E-state index contributed by atoms with van der Waals surface area (Å²) in [5.74, 6) is -1.49. The fraction of sp³-hybridized carbons (Fsp3) is 0.167. The van der Waals surface area contributed by atoms with E-state index in [4.69, 9.17) is 11.6 Å². The first-order valence-electron chi connectivity index (χ1n) is 6.88. The normalized spacial score (nSPS) is 11.5.